The summed E-state index contributed by atoms with van der Waals surface area (Å²) < 4.78 is 10.9. The van der Waals surface area contributed by atoms with Crippen LogP contribution in [-0.4, -0.2) is 29.3 Å². The number of halogens is 1. The molecule has 1 rings (SSSR count). The molecule has 0 saturated heterocycles. The van der Waals surface area contributed by atoms with Crippen molar-refractivity contribution in [3.63, 3.8) is 0 Å². The standard InChI is InChI=1S/C12H19ClN2O2/c1-5-9-10(13)14-8-15-11(9)17-7-6-12(2,3)16-4/h8H,5-7H2,1-4H3. The van der Waals surface area contributed by atoms with Crippen molar-refractivity contribution in [2.24, 2.45) is 0 Å². The minimum Gasteiger partial charge on any atom is -0.477 e. The summed E-state index contributed by atoms with van der Waals surface area (Å²) in [6.45, 7) is 6.58. The molecule has 96 valence electrons. The molecule has 0 N–H and O–H groups in total. The molecular formula is C12H19ClN2O2. The van der Waals surface area contributed by atoms with Crippen molar-refractivity contribution >= 4 is 11.6 Å². The second-order valence-corrected chi connectivity index (χ2v) is 4.72. The molecule has 0 aromatic carbocycles. The molecule has 17 heavy (non-hydrogen) atoms. The Balaban J connectivity index is 2.61. The molecule has 0 amide bonds. The topological polar surface area (TPSA) is 44.2 Å². The summed E-state index contributed by atoms with van der Waals surface area (Å²) >= 11 is 5.97. The molecule has 0 radical (unpaired) electrons. The second kappa shape index (κ2) is 6.17. The van der Waals surface area contributed by atoms with Gasteiger partial charge in [0.2, 0.25) is 5.88 Å². The van der Waals surface area contributed by atoms with Gasteiger partial charge in [0.25, 0.3) is 0 Å². The predicted octanol–water partition coefficient (Wildman–Crippen LogP) is 2.89. The molecule has 1 heterocycles. The van der Waals surface area contributed by atoms with Gasteiger partial charge in [-0.1, -0.05) is 18.5 Å². The molecule has 0 aliphatic carbocycles. The summed E-state index contributed by atoms with van der Waals surface area (Å²) in [5, 5.41) is 0.462. The van der Waals surface area contributed by atoms with Gasteiger partial charge in [0.15, 0.2) is 0 Å². The summed E-state index contributed by atoms with van der Waals surface area (Å²) in [4.78, 5) is 8.03. The van der Waals surface area contributed by atoms with Crippen LogP contribution in [0.5, 0.6) is 5.88 Å². The second-order valence-electron chi connectivity index (χ2n) is 4.36. The summed E-state index contributed by atoms with van der Waals surface area (Å²) in [7, 11) is 1.69. The Morgan fingerprint density at radius 1 is 1.35 bits per heavy atom. The van der Waals surface area contributed by atoms with Gasteiger partial charge in [0, 0.05) is 13.5 Å². The fourth-order valence-electron chi connectivity index (χ4n) is 1.29. The van der Waals surface area contributed by atoms with Gasteiger partial charge in [-0.2, -0.15) is 0 Å². The number of methoxy groups -OCH3 is 1. The van der Waals surface area contributed by atoms with E-state index < -0.39 is 0 Å². The molecule has 0 atom stereocenters. The molecule has 0 bridgehead atoms. The first-order chi connectivity index (χ1) is 8.00. The zero-order valence-electron chi connectivity index (χ0n) is 10.8. The van der Waals surface area contributed by atoms with E-state index in [1.807, 2.05) is 20.8 Å². The predicted molar refractivity (Wildman–Crippen MR) is 67.6 cm³/mol. The number of hydrogen-bond acceptors (Lipinski definition) is 4. The molecule has 0 spiro atoms. The maximum absolute atomic E-state index is 5.97. The molecule has 5 heteroatoms. The Morgan fingerprint density at radius 2 is 2.06 bits per heavy atom. The zero-order chi connectivity index (χ0) is 12.9. The quantitative estimate of drug-likeness (QED) is 0.736. The average Bonchev–Trinajstić information content (AvgIpc) is 2.29. The van der Waals surface area contributed by atoms with Gasteiger partial charge in [-0.25, -0.2) is 9.97 Å². The Morgan fingerprint density at radius 3 is 2.65 bits per heavy atom. The highest BCUT2D eigenvalue weighted by atomic mass is 35.5. The molecular weight excluding hydrogens is 240 g/mol. The van der Waals surface area contributed by atoms with Crippen molar-refractivity contribution in [3.05, 3.63) is 17.0 Å². The molecule has 4 nitrogen and oxygen atoms in total. The third-order valence-corrected chi connectivity index (χ3v) is 3.03. The van der Waals surface area contributed by atoms with Crippen molar-refractivity contribution in [2.75, 3.05) is 13.7 Å². The van der Waals surface area contributed by atoms with Crippen LogP contribution < -0.4 is 4.74 Å². The van der Waals surface area contributed by atoms with Gasteiger partial charge >= 0.3 is 0 Å². The van der Waals surface area contributed by atoms with Gasteiger partial charge in [-0.3, -0.25) is 0 Å². The van der Waals surface area contributed by atoms with Crippen molar-refractivity contribution < 1.29 is 9.47 Å². The lowest BCUT2D eigenvalue weighted by Crippen LogP contribution is -2.25. The average molecular weight is 259 g/mol. The molecule has 1 aromatic heterocycles. The van der Waals surface area contributed by atoms with Crippen LogP contribution in [0.4, 0.5) is 0 Å². The van der Waals surface area contributed by atoms with Crippen molar-refractivity contribution in [1.29, 1.82) is 0 Å². The SMILES string of the molecule is CCc1c(Cl)ncnc1OCCC(C)(C)OC. The molecule has 1 aromatic rings. The summed E-state index contributed by atoms with van der Waals surface area (Å²) in [6.07, 6.45) is 2.95. The Hall–Kier alpha value is -0.870. The first kappa shape index (κ1) is 14.2. The molecule has 0 unspecified atom stereocenters. The van der Waals surface area contributed by atoms with Crippen LogP contribution in [0.1, 0.15) is 32.8 Å². The van der Waals surface area contributed by atoms with Gasteiger partial charge < -0.3 is 9.47 Å². The lowest BCUT2D eigenvalue weighted by Gasteiger charge is -2.22. The fraction of sp³-hybridized carbons (Fsp3) is 0.667. The first-order valence-corrected chi connectivity index (χ1v) is 6.05. The van der Waals surface area contributed by atoms with E-state index in [2.05, 4.69) is 9.97 Å². The van der Waals surface area contributed by atoms with Gasteiger partial charge in [0.1, 0.15) is 11.5 Å². The van der Waals surface area contributed by atoms with Crippen LogP contribution in [0.15, 0.2) is 6.33 Å². The summed E-state index contributed by atoms with van der Waals surface area (Å²) in [6, 6.07) is 0. The monoisotopic (exact) mass is 258 g/mol. The van der Waals surface area contributed by atoms with E-state index in [0.717, 1.165) is 18.4 Å². The Kier molecular flexibility index (Phi) is 5.15. The van der Waals surface area contributed by atoms with Crippen LogP contribution in [0.25, 0.3) is 0 Å². The Bertz CT molecular complexity index is 370. The van der Waals surface area contributed by atoms with E-state index in [1.54, 1.807) is 7.11 Å². The first-order valence-electron chi connectivity index (χ1n) is 5.67. The van der Waals surface area contributed by atoms with Crippen LogP contribution in [-0.2, 0) is 11.2 Å². The fourth-order valence-corrected chi connectivity index (χ4v) is 1.55. The zero-order valence-corrected chi connectivity index (χ0v) is 11.5. The van der Waals surface area contributed by atoms with Crippen LogP contribution >= 0.6 is 11.6 Å². The summed E-state index contributed by atoms with van der Waals surface area (Å²) in [5.41, 5.74) is 0.660. The molecule has 0 saturated carbocycles. The number of rotatable bonds is 6. The van der Waals surface area contributed by atoms with Crippen LogP contribution in [0.2, 0.25) is 5.15 Å². The largest absolute Gasteiger partial charge is 0.477 e. The molecule has 0 aliphatic rings. The highest BCUT2D eigenvalue weighted by molar-refractivity contribution is 6.30. The highest BCUT2D eigenvalue weighted by Gasteiger charge is 2.17. The lowest BCUT2D eigenvalue weighted by atomic mass is 10.1. The van der Waals surface area contributed by atoms with Crippen molar-refractivity contribution in [3.8, 4) is 5.88 Å². The minimum atomic E-state index is -0.191. The smallest absolute Gasteiger partial charge is 0.221 e. The van der Waals surface area contributed by atoms with Crippen LogP contribution in [0, 0.1) is 0 Å². The van der Waals surface area contributed by atoms with E-state index in [-0.39, 0.29) is 5.60 Å². The van der Waals surface area contributed by atoms with Gasteiger partial charge in [-0.05, 0) is 20.3 Å². The van der Waals surface area contributed by atoms with E-state index in [4.69, 9.17) is 21.1 Å². The number of ether oxygens (including phenoxy) is 2. The number of nitrogens with zero attached hydrogens (tertiary/aromatic N) is 2. The van der Waals surface area contributed by atoms with Gasteiger partial charge in [-0.15, -0.1) is 0 Å². The van der Waals surface area contributed by atoms with Gasteiger partial charge in [0.05, 0.1) is 17.8 Å². The maximum atomic E-state index is 5.97. The minimum absolute atomic E-state index is 0.191. The molecule has 0 fully saturated rings. The van der Waals surface area contributed by atoms with E-state index >= 15 is 0 Å². The number of hydrogen-bond donors (Lipinski definition) is 0. The van der Waals surface area contributed by atoms with E-state index in [1.165, 1.54) is 6.33 Å². The van der Waals surface area contributed by atoms with Crippen LogP contribution in [0.3, 0.4) is 0 Å². The highest BCUT2D eigenvalue weighted by Crippen LogP contribution is 2.23. The third kappa shape index (κ3) is 4.13. The third-order valence-electron chi connectivity index (χ3n) is 2.70. The Labute approximate surface area is 107 Å². The maximum Gasteiger partial charge on any atom is 0.221 e. The van der Waals surface area contributed by atoms with E-state index in [9.17, 15) is 0 Å². The van der Waals surface area contributed by atoms with Crippen molar-refractivity contribution in [2.45, 2.75) is 39.2 Å². The number of aromatic nitrogens is 2. The van der Waals surface area contributed by atoms with E-state index in [0.29, 0.717) is 17.6 Å². The lowest BCUT2D eigenvalue weighted by molar-refractivity contribution is 0.00499. The summed E-state index contributed by atoms with van der Waals surface area (Å²) in [5.74, 6) is 0.569. The van der Waals surface area contributed by atoms with Crippen molar-refractivity contribution in [1.82, 2.24) is 9.97 Å². The molecule has 0 aliphatic heterocycles. The normalized spacial score (nSPS) is 11.6.